The largest absolute Gasteiger partial charge is 0.462 e. The molecule has 0 radical (unpaired) electrons. The van der Waals surface area contributed by atoms with E-state index in [2.05, 4.69) is 38.2 Å². The molecule has 20 heteroatoms. The van der Waals surface area contributed by atoms with Gasteiger partial charge in [0, 0.05) is 12.8 Å². The third-order valence-electron chi connectivity index (χ3n) is 13.7. The first-order chi connectivity index (χ1) is 37.1. The molecule has 1 rings (SSSR count). The zero-order valence-corrected chi connectivity index (χ0v) is 47.0. The molecule has 0 aromatic carbocycles. The highest BCUT2D eigenvalue weighted by molar-refractivity contribution is 5.70. The normalized spacial score (nSPS) is 21.7. The van der Waals surface area contributed by atoms with E-state index < -0.39 is 131 Å². The number of hydrogen-bond acceptors (Lipinski definition) is 20. The summed E-state index contributed by atoms with van der Waals surface area (Å²) in [5.41, 5.74) is 0. The molecular formula is C57H106O20. The lowest BCUT2D eigenvalue weighted by molar-refractivity contribution is -0.318. The molecule has 0 aliphatic carbocycles. The van der Waals surface area contributed by atoms with Crippen LogP contribution in [-0.2, 0) is 42.7 Å². The highest BCUT2D eigenvalue weighted by Gasteiger charge is 2.47. The van der Waals surface area contributed by atoms with Gasteiger partial charge in [0.2, 0.25) is 0 Å². The smallest absolute Gasteiger partial charge is 0.306 e. The molecule has 1 heterocycles. The molecule has 20 nitrogen and oxygen atoms in total. The van der Waals surface area contributed by atoms with Crippen LogP contribution < -0.4 is 0 Å². The Balaban J connectivity index is 2.85. The minimum Gasteiger partial charge on any atom is -0.462 e. The standard InChI is InChI=1S/C57H106O20/c1-4-6-8-10-12-14-16-18-20-22-24-26-28-30-32-34-48(63)71-39-43(76-49(64)35-33-31-29-27-25-23-21-19-17-15-13-11-9-7-5-2)40-73-57-55(53(68)52(67)47(38-60)77-57)72-41-45(62)51(66)54(69)56(70)75-42(3)74-46(37-59)50(65)44(61)36-58/h14,16,20,22,42-47,50-62,65-70H,4-13,15,17-19,21,23-41H2,1-3H3/b16-14-,22-20-/t42?,43-,44?,45?,46?,47?,50-,51?,52-,53?,54-,55?,56?,57+/m1/s1. The van der Waals surface area contributed by atoms with E-state index in [4.69, 9.17) is 38.3 Å². The zero-order valence-electron chi connectivity index (χ0n) is 47.0. The Hall–Kier alpha value is -2.22. The summed E-state index contributed by atoms with van der Waals surface area (Å²) in [6, 6.07) is 0. The first kappa shape index (κ1) is 72.8. The van der Waals surface area contributed by atoms with Crippen molar-refractivity contribution in [1.82, 2.24) is 0 Å². The second kappa shape index (κ2) is 47.4. The van der Waals surface area contributed by atoms with Crippen LogP contribution in [0.15, 0.2) is 24.3 Å². The molecule has 0 amide bonds. The highest BCUT2D eigenvalue weighted by atomic mass is 16.7. The van der Waals surface area contributed by atoms with Crippen molar-refractivity contribution in [2.75, 3.05) is 39.6 Å². The van der Waals surface area contributed by atoms with Gasteiger partial charge in [-0.05, 0) is 51.9 Å². The van der Waals surface area contributed by atoms with E-state index in [1.54, 1.807) is 0 Å². The lowest BCUT2D eigenvalue weighted by atomic mass is 9.99. The molecule has 1 aliphatic heterocycles. The summed E-state index contributed by atoms with van der Waals surface area (Å²) in [6.45, 7) is 1.45. The number of allylic oxidation sites excluding steroid dienone is 4. The van der Waals surface area contributed by atoms with Gasteiger partial charge in [0.05, 0.1) is 33.0 Å². The molecule has 9 unspecified atom stereocenters. The van der Waals surface area contributed by atoms with Crippen molar-refractivity contribution in [2.45, 2.75) is 287 Å². The summed E-state index contributed by atoms with van der Waals surface area (Å²) in [5, 5.41) is 113. The Kier molecular flexibility index (Phi) is 44.8. The van der Waals surface area contributed by atoms with Crippen LogP contribution >= 0.6 is 0 Å². The number of hydrogen-bond donors (Lipinski definition) is 11. The van der Waals surface area contributed by atoms with Gasteiger partial charge in [-0.25, -0.2) is 0 Å². The lowest BCUT2D eigenvalue weighted by Gasteiger charge is -2.42. The number of unbranched alkanes of at least 4 members (excludes halogenated alkanes) is 22. The van der Waals surface area contributed by atoms with E-state index in [0.29, 0.717) is 12.8 Å². The number of ether oxygens (including phenoxy) is 7. The summed E-state index contributed by atoms with van der Waals surface area (Å²) in [7, 11) is 0. The summed E-state index contributed by atoms with van der Waals surface area (Å²) in [5.74, 6) is -1.05. The molecule has 77 heavy (non-hydrogen) atoms. The van der Waals surface area contributed by atoms with Gasteiger partial charge in [0.25, 0.3) is 0 Å². The van der Waals surface area contributed by atoms with Gasteiger partial charge in [-0.2, -0.15) is 0 Å². The summed E-state index contributed by atoms with van der Waals surface area (Å²) >= 11 is 0. The fourth-order valence-electron chi connectivity index (χ4n) is 8.76. The third kappa shape index (κ3) is 34.6. The van der Waals surface area contributed by atoms with Gasteiger partial charge in [-0.15, -0.1) is 0 Å². The Morgan fingerprint density at radius 2 is 1.04 bits per heavy atom. The molecular weight excluding hydrogens is 1000 g/mol. The molecule has 0 saturated carbocycles. The van der Waals surface area contributed by atoms with Crippen LogP contribution in [0, 0.1) is 0 Å². The van der Waals surface area contributed by atoms with Gasteiger partial charge in [0.1, 0.15) is 67.6 Å². The molecule has 1 saturated heterocycles. The molecule has 0 bridgehead atoms. The molecule has 14 atom stereocenters. The van der Waals surface area contributed by atoms with E-state index >= 15 is 0 Å². The first-order valence-corrected chi connectivity index (χ1v) is 29.3. The average Bonchev–Trinajstić information content (AvgIpc) is 3.42. The van der Waals surface area contributed by atoms with Crippen LogP contribution in [0.4, 0.5) is 0 Å². The predicted molar refractivity (Wildman–Crippen MR) is 289 cm³/mol. The predicted octanol–water partition coefficient (Wildman–Crippen LogP) is 5.21. The van der Waals surface area contributed by atoms with E-state index in [1.165, 1.54) is 96.8 Å². The van der Waals surface area contributed by atoms with Gasteiger partial charge >= 0.3 is 11.9 Å². The van der Waals surface area contributed by atoms with Crippen molar-refractivity contribution in [2.24, 2.45) is 0 Å². The van der Waals surface area contributed by atoms with Gasteiger partial charge in [-0.3, -0.25) is 9.59 Å². The number of aliphatic hydroxyl groups is 11. The maximum Gasteiger partial charge on any atom is 0.306 e. The van der Waals surface area contributed by atoms with Gasteiger partial charge in [0.15, 0.2) is 25.0 Å². The lowest BCUT2D eigenvalue weighted by Crippen LogP contribution is -2.61. The Morgan fingerprint density at radius 3 is 1.56 bits per heavy atom. The topological polar surface area (TPSA) is 321 Å². The third-order valence-corrected chi connectivity index (χ3v) is 13.7. The molecule has 0 aromatic rings. The van der Waals surface area contributed by atoms with Crippen LogP contribution in [0.25, 0.3) is 0 Å². The number of esters is 2. The van der Waals surface area contributed by atoms with E-state index in [-0.39, 0.29) is 19.4 Å². The maximum absolute atomic E-state index is 13.2. The van der Waals surface area contributed by atoms with Crippen LogP contribution in [0.1, 0.15) is 201 Å². The maximum atomic E-state index is 13.2. The zero-order chi connectivity index (χ0) is 57.1. The number of carbonyl (C=O) groups is 2. The fourth-order valence-corrected chi connectivity index (χ4v) is 8.76. The van der Waals surface area contributed by atoms with Crippen molar-refractivity contribution in [1.29, 1.82) is 0 Å². The Morgan fingerprint density at radius 1 is 0.532 bits per heavy atom. The highest BCUT2D eigenvalue weighted by Crippen LogP contribution is 2.26. The number of carbonyl (C=O) groups excluding carboxylic acids is 2. The molecule has 0 spiro atoms. The molecule has 1 fully saturated rings. The van der Waals surface area contributed by atoms with E-state index in [1.807, 2.05) is 0 Å². The summed E-state index contributed by atoms with van der Waals surface area (Å²) in [4.78, 5) is 26.1. The minimum atomic E-state index is -2.24. The van der Waals surface area contributed by atoms with Crippen molar-refractivity contribution < 1.29 is 98.9 Å². The van der Waals surface area contributed by atoms with E-state index in [9.17, 15) is 60.7 Å². The first-order valence-electron chi connectivity index (χ1n) is 29.3. The van der Waals surface area contributed by atoms with Crippen molar-refractivity contribution >= 4 is 11.9 Å². The quantitative estimate of drug-likeness (QED) is 0.0161. The van der Waals surface area contributed by atoms with Gasteiger partial charge < -0.3 is 89.3 Å². The van der Waals surface area contributed by atoms with Crippen LogP contribution in [0.2, 0.25) is 0 Å². The average molecular weight is 1110 g/mol. The minimum absolute atomic E-state index is 0.107. The Bertz CT molecular complexity index is 1460. The number of aliphatic hydroxyl groups excluding tert-OH is 11. The summed E-state index contributed by atoms with van der Waals surface area (Å²) in [6.07, 6.45) is 13.6. The second-order valence-corrected chi connectivity index (χ2v) is 20.6. The molecule has 11 N–H and O–H groups in total. The van der Waals surface area contributed by atoms with Crippen molar-refractivity contribution in [3.63, 3.8) is 0 Å². The molecule has 1 aliphatic rings. The van der Waals surface area contributed by atoms with E-state index in [0.717, 1.165) is 64.2 Å². The Labute approximate surface area is 460 Å². The monoisotopic (exact) mass is 1110 g/mol. The summed E-state index contributed by atoms with van der Waals surface area (Å²) < 4.78 is 38.9. The molecule has 454 valence electrons. The molecule has 0 aromatic heterocycles. The SMILES string of the molecule is CCCCCC/C=C\C/C=C\CCCCCCC(=O)OC[C@H](CO[C@H]1OC(CO)[C@@H](O)C(O)C1OCC(O)C(O)[C@@H](O)C(O)OC(C)OC(CO)[C@H](O)C(O)CO)OC(=O)CCCCCCCCCCCCCCCCC. The van der Waals surface area contributed by atoms with Crippen LogP contribution in [-0.4, -0.2) is 194 Å². The number of rotatable bonds is 51. The second-order valence-electron chi connectivity index (χ2n) is 20.6. The van der Waals surface area contributed by atoms with Gasteiger partial charge in [-0.1, -0.05) is 160 Å². The van der Waals surface area contributed by atoms with Crippen LogP contribution in [0.3, 0.4) is 0 Å². The van der Waals surface area contributed by atoms with Crippen molar-refractivity contribution in [3.05, 3.63) is 24.3 Å². The van der Waals surface area contributed by atoms with Crippen LogP contribution in [0.5, 0.6) is 0 Å². The van der Waals surface area contributed by atoms with Crippen molar-refractivity contribution in [3.8, 4) is 0 Å². The fraction of sp³-hybridized carbons (Fsp3) is 0.895.